The summed E-state index contributed by atoms with van der Waals surface area (Å²) in [6, 6.07) is 19.4. The van der Waals surface area contributed by atoms with Crippen LogP contribution in [0.25, 0.3) is 50.5 Å². The Morgan fingerprint density at radius 1 is 0.938 bits per heavy atom. The first kappa shape index (κ1) is 35.0. The van der Waals surface area contributed by atoms with Gasteiger partial charge in [-0.25, -0.2) is 4.39 Å². The molecule has 1 amide bonds. The molecule has 0 radical (unpaired) electrons. The van der Waals surface area contributed by atoms with E-state index in [-0.39, 0.29) is 17.6 Å². The molecule has 8 nitrogen and oxygen atoms in total. The van der Waals surface area contributed by atoms with Gasteiger partial charge in [0.2, 0.25) is 0 Å². The summed E-state index contributed by atoms with van der Waals surface area (Å²) in [7, 11) is -1.21. The number of aryl methyl sites for hydroxylation is 2. The summed E-state index contributed by atoms with van der Waals surface area (Å²) in [6.07, 6.45) is 5.75. The maximum absolute atomic E-state index is 14.2. The second-order valence-corrected chi connectivity index (χ2v) is 14.9. The average molecular weight is 685 g/mol. The van der Waals surface area contributed by atoms with Gasteiger partial charge in [-0.1, -0.05) is 6.07 Å². The van der Waals surface area contributed by atoms with Crippen molar-refractivity contribution in [1.29, 1.82) is 5.26 Å². The Morgan fingerprint density at radius 3 is 2.23 bits per heavy atom. The normalized spacial score (nSPS) is 12.4. The van der Waals surface area contributed by atoms with Crippen LogP contribution in [0.5, 0.6) is 0 Å². The molecule has 0 fully saturated rings. The van der Waals surface area contributed by atoms with Crippen molar-refractivity contribution in [3.63, 3.8) is 0 Å². The number of hydrogen-bond acceptors (Lipinski definition) is 6. The molecule has 48 heavy (non-hydrogen) atoms. The van der Waals surface area contributed by atoms with Gasteiger partial charge in [-0.3, -0.25) is 4.79 Å². The monoisotopic (exact) mass is 684 g/mol. The van der Waals surface area contributed by atoms with Gasteiger partial charge >= 0.3 is 8.80 Å². The van der Waals surface area contributed by atoms with E-state index in [1.54, 1.807) is 23.5 Å². The highest BCUT2D eigenvalue weighted by Gasteiger charge is 2.41. The third-order valence-electron chi connectivity index (χ3n) is 8.20. The van der Waals surface area contributed by atoms with Crippen LogP contribution in [0.3, 0.4) is 0 Å². The second-order valence-electron chi connectivity index (χ2n) is 11.2. The fourth-order valence-electron chi connectivity index (χ4n) is 5.91. The first-order chi connectivity index (χ1) is 23.2. The molecule has 0 saturated heterocycles. The van der Waals surface area contributed by atoms with Gasteiger partial charge in [0.15, 0.2) is 0 Å². The molecule has 0 unspecified atom stereocenters. The Balaban J connectivity index is 1.35. The van der Waals surface area contributed by atoms with Crippen LogP contribution in [0, 0.1) is 24.1 Å². The van der Waals surface area contributed by atoms with Gasteiger partial charge in [-0.15, -0.1) is 11.3 Å². The van der Waals surface area contributed by atoms with E-state index in [0.717, 1.165) is 54.9 Å². The fraction of sp³-hybridized carbons (Fsp3) is 0.297. The summed E-state index contributed by atoms with van der Waals surface area (Å²) in [5, 5.41) is 14.6. The van der Waals surface area contributed by atoms with Crippen LogP contribution >= 0.6 is 11.3 Å². The number of hydrogen-bond donors (Lipinski definition) is 1. The van der Waals surface area contributed by atoms with Gasteiger partial charge in [0.25, 0.3) is 5.91 Å². The zero-order chi connectivity index (χ0) is 34.4. The third kappa shape index (κ3) is 7.23. The lowest BCUT2D eigenvalue weighted by Crippen LogP contribution is -2.55. The number of benzene rings is 2. The van der Waals surface area contributed by atoms with Gasteiger partial charge in [0.1, 0.15) is 17.5 Å². The zero-order valence-corrected chi connectivity index (χ0v) is 30.0. The molecule has 0 aliphatic heterocycles. The Labute approximate surface area is 286 Å². The Hall–Kier alpha value is -4.31. The lowest BCUT2D eigenvalue weighted by atomic mass is 10.1. The number of nitriles is 1. The van der Waals surface area contributed by atoms with E-state index >= 15 is 0 Å². The zero-order valence-electron chi connectivity index (χ0n) is 28.2. The van der Waals surface area contributed by atoms with Gasteiger partial charge in [0, 0.05) is 76.4 Å². The largest absolute Gasteiger partial charge is 0.521 e. The summed E-state index contributed by atoms with van der Waals surface area (Å²) in [6.45, 7) is 11.7. The predicted octanol–water partition coefficient (Wildman–Crippen LogP) is 8.11. The van der Waals surface area contributed by atoms with E-state index in [1.165, 1.54) is 6.07 Å². The highest BCUT2D eigenvalue weighted by Crippen LogP contribution is 2.37. The van der Waals surface area contributed by atoms with Gasteiger partial charge in [0.05, 0.1) is 6.17 Å². The number of carbonyl (C=O) groups is 1. The maximum Gasteiger partial charge on any atom is 0.521 e. The van der Waals surface area contributed by atoms with Gasteiger partial charge in [-0.05, 0) is 113 Å². The second kappa shape index (κ2) is 15.3. The topological polar surface area (TPSA) is 90.4 Å². The van der Waals surface area contributed by atoms with E-state index in [2.05, 4.69) is 54.1 Å². The summed E-state index contributed by atoms with van der Waals surface area (Å²) in [5.74, 6) is -0.755. The fourth-order valence-corrected chi connectivity index (χ4v) is 9.24. The number of rotatable bonds is 14. The van der Waals surface area contributed by atoms with E-state index < -0.39 is 14.7 Å². The average Bonchev–Trinajstić information content (AvgIpc) is 3.73. The molecule has 0 atom stereocenters. The summed E-state index contributed by atoms with van der Waals surface area (Å²) >= 11 is 1.70. The summed E-state index contributed by atoms with van der Waals surface area (Å²) in [4.78, 5) is 15.3. The van der Waals surface area contributed by atoms with E-state index in [9.17, 15) is 14.4 Å². The van der Waals surface area contributed by atoms with Crippen molar-refractivity contribution in [1.82, 2.24) is 14.5 Å². The lowest BCUT2D eigenvalue weighted by molar-refractivity contribution is -0.117. The van der Waals surface area contributed by atoms with Crippen molar-refractivity contribution >= 4 is 66.1 Å². The molecule has 0 saturated carbocycles. The van der Waals surface area contributed by atoms with Gasteiger partial charge in [-0.2, -0.15) is 5.26 Å². The van der Waals surface area contributed by atoms with Crippen molar-refractivity contribution in [2.45, 2.75) is 41.2 Å². The minimum atomic E-state index is -3.11. The molecule has 0 aliphatic carbocycles. The van der Waals surface area contributed by atoms with E-state index in [0.29, 0.717) is 25.5 Å². The molecule has 0 aliphatic rings. The summed E-state index contributed by atoms with van der Waals surface area (Å²) in [5.41, 5.74) is 5.97. The molecule has 2 aromatic carbocycles. The van der Waals surface area contributed by atoms with Crippen LogP contribution in [-0.2, 0) is 31.7 Å². The number of thiophene rings is 1. The number of aromatic nitrogens is 2. The molecular weight excluding hydrogens is 644 g/mol. The molecule has 0 bridgehead atoms. The van der Waals surface area contributed by atoms with Crippen LogP contribution < -0.4 is 5.32 Å². The molecule has 250 valence electrons. The molecular formula is C37H41FN4O4SSi. The number of halogens is 1. The number of nitrogens with zero attached hydrogens (tertiary/aromatic N) is 3. The quantitative estimate of drug-likeness (QED) is 0.0725. The van der Waals surface area contributed by atoms with Crippen LogP contribution in [-0.4, -0.2) is 49.8 Å². The van der Waals surface area contributed by atoms with E-state index in [4.69, 9.17) is 13.3 Å². The molecule has 3 heterocycles. The Bertz CT molecular complexity index is 2030. The standard InChI is InChI=1S/C37H41FN4O4SSi/c1-7-42-33-16-11-26(21-31(33)32-22-28(38)12-17-34(32)42)36-19-25(5)35(47-36)18-15-29-13-14-30(41(29)6)20-27(23-39)37(43)40-24-48(44-8-2,45-9-3)46-10-4/h11-22H,7-10,24H2,1-6H3,(H,40,43)/b18-15+,27-20+. The van der Waals surface area contributed by atoms with E-state index in [1.807, 2.05) is 62.7 Å². The van der Waals surface area contributed by atoms with Crippen LogP contribution in [0.15, 0.2) is 60.2 Å². The smallest absolute Gasteiger partial charge is 0.373 e. The van der Waals surface area contributed by atoms with Crippen molar-refractivity contribution in [2.24, 2.45) is 7.05 Å². The number of carbonyl (C=O) groups excluding carboxylic acids is 1. The molecule has 1 N–H and O–H groups in total. The first-order valence-electron chi connectivity index (χ1n) is 16.1. The minimum Gasteiger partial charge on any atom is -0.373 e. The minimum absolute atomic E-state index is 0.0281. The lowest BCUT2D eigenvalue weighted by Gasteiger charge is -2.28. The van der Waals surface area contributed by atoms with Crippen molar-refractivity contribution in [3.8, 4) is 16.5 Å². The predicted molar refractivity (Wildman–Crippen MR) is 195 cm³/mol. The Morgan fingerprint density at radius 2 is 1.58 bits per heavy atom. The van der Waals surface area contributed by atoms with Crippen molar-refractivity contribution in [2.75, 3.05) is 26.0 Å². The Kier molecular flexibility index (Phi) is 11.1. The molecule has 5 rings (SSSR count). The SMILES string of the molecule is CCO[Si](CNC(=O)/C(C#N)=C/c1ccc(/C=C/c2sc(-c3ccc4c(c3)c3cc(F)ccc3n4CC)cc2C)n1C)(OCC)OCC. The van der Waals surface area contributed by atoms with Crippen molar-refractivity contribution < 1.29 is 22.5 Å². The molecule has 3 aromatic heterocycles. The molecule has 0 spiro atoms. The highest BCUT2D eigenvalue weighted by atomic mass is 32.1. The first-order valence-corrected chi connectivity index (χ1v) is 18.9. The van der Waals surface area contributed by atoms with Crippen molar-refractivity contribution in [3.05, 3.63) is 87.8 Å². The van der Waals surface area contributed by atoms with Gasteiger partial charge < -0.3 is 27.7 Å². The van der Waals surface area contributed by atoms with Crippen LogP contribution in [0.1, 0.15) is 49.5 Å². The third-order valence-corrected chi connectivity index (χ3v) is 12.3. The molecule has 11 heteroatoms. The number of amides is 1. The maximum atomic E-state index is 14.2. The van der Waals surface area contributed by atoms with Crippen LogP contribution in [0.2, 0.25) is 0 Å². The summed E-state index contributed by atoms with van der Waals surface area (Å²) < 4.78 is 35.8. The number of fused-ring (bicyclic) bond motifs is 3. The van der Waals surface area contributed by atoms with Crippen LogP contribution in [0.4, 0.5) is 4.39 Å². The highest BCUT2D eigenvalue weighted by molar-refractivity contribution is 7.16. The number of nitrogens with one attached hydrogen (secondary N) is 1. The molecule has 5 aromatic rings.